The Morgan fingerprint density at radius 3 is 2.30 bits per heavy atom. The summed E-state index contributed by atoms with van der Waals surface area (Å²) in [6.45, 7) is 6.61. The smallest absolute Gasteiger partial charge is 0.408 e. The van der Waals surface area contributed by atoms with E-state index in [1.807, 2.05) is 6.07 Å². The summed E-state index contributed by atoms with van der Waals surface area (Å²) < 4.78 is 11.2. The van der Waals surface area contributed by atoms with Crippen LogP contribution in [-0.2, 0) is 16.0 Å². The summed E-state index contributed by atoms with van der Waals surface area (Å²) in [5.74, 6) is -0.416. The molecule has 2 N–H and O–H groups in total. The van der Waals surface area contributed by atoms with Gasteiger partial charge in [-0.15, -0.1) is 0 Å². The zero-order valence-corrected chi connectivity index (χ0v) is 16.1. The largest absolute Gasteiger partial charge is 0.496 e. The predicted octanol–water partition coefficient (Wildman–Crippen LogP) is 3.21. The van der Waals surface area contributed by atoms with Gasteiger partial charge in [0.25, 0.3) is 0 Å². The van der Waals surface area contributed by atoms with Crippen molar-refractivity contribution in [3.63, 3.8) is 0 Å². The van der Waals surface area contributed by atoms with Crippen LogP contribution < -0.4 is 10.1 Å². The molecule has 0 spiro atoms. The Morgan fingerprint density at radius 1 is 1.26 bits per heavy atom. The molecule has 0 radical (unpaired) electrons. The molecule has 1 rings (SSSR count). The Hall–Kier alpha value is -1.51. The van der Waals surface area contributed by atoms with Gasteiger partial charge in [0.1, 0.15) is 16.9 Å². The number of nitrogens with one attached hydrogen (secondary N) is 1. The van der Waals surface area contributed by atoms with Gasteiger partial charge >= 0.3 is 12.1 Å². The topological polar surface area (TPSA) is 84.9 Å². The number of aliphatic carboxylic acids is 1. The van der Waals surface area contributed by atoms with Crippen molar-refractivity contribution < 1.29 is 24.2 Å². The lowest BCUT2D eigenvalue weighted by Gasteiger charge is -2.28. The minimum absolute atomic E-state index is 0.127. The third-order valence-corrected chi connectivity index (χ3v) is 3.87. The molecule has 0 fully saturated rings. The predicted molar refractivity (Wildman–Crippen MR) is 94.8 cm³/mol. The standard InChI is InChI=1S/C16H22INO5/c1-15(2,3)23-14(21)18-16(4,13(19)20)9-10-6-7-12(22-5)11(17)8-10/h6-8H,9H2,1-5H3,(H,18,21)(H,19,20)/t16-/m1/s1. The van der Waals surface area contributed by atoms with Crippen LogP contribution in [0.15, 0.2) is 18.2 Å². The van der Waals surface area contributed by atoms with Crippen molar-refractivity contribution >= 4 is 34.7 Å². The van der Waals surface area contributed by atoms with E-state index in [-0.39, 0.29) is 6.42 Å². The summed E-state index contributed by atoms with van der Waals surface area (Å²) in [4.78, 5) is 23.6. The molecular formula is C16H22INO5. The maximum atomic E-state index is 11.9. The molecular weight excluding hydrogens is 413 g/mol. The van der Waals surface area contributed by atoms with Gasteiger partial charge < -0.3 is 19.9 Å². The van der Waals surface area contributed by atoms with E-state index in [0.29, 0.717) is 5.75 Å². The van der Waals surface area contributed by atoms with E-state index in [1.54, 1.807) is 40.0 Å². The van der Waals surface area contributed by atoms with Crippen molar-refractivity contribution in [2.24, 2.45) is 0 Å². The first kappa shape index (κ1) is 19.5. The fourth-order valence-electron chi connectivity index (χ4n) is 1.93. The normalized spacial score (nSPS) is 13.8. The summed E-state index contributed by atoms with van der Waals surface area (Å²) in [5.41, 5.74) is -1.39. The van der Waals surface area contributed by atoms with Crippen LogP contribution >= 0.6 is 22.6 Å². The van der Waals surface area contributed by atoms with Gasteiger partial charge in [0.15, 0.2) is 0 Å². The maximum absolute atomic E-state index is 11.9. The van der Waals surface area contributed by atoms with Crippen molar-refractivity contribution in [2.45, 2.75) is 45.3 Å². The van der Waals surface area contributed by atoms with Gasteiger partial charge in [-0.1, -0.05) is 6.07 Å². The number of rotatable bonds is 5. The highest BCUT2D eigenvalue weighted by Gasteiger charge is 2.36. The molecule has 0 saturated carbocycles. The number of carboxylic acids is 1. The molecule has 1 aromatic carbocycles. The molecule has 7 heteroatoms. The monoisotopic (exact) mass is 435 g/mol. The lowest BCUT2D eigenvalue weighted by atomic mass is 9.93. The quantitative estimate of drug-likeness (QED) is 0.694. The van der Waals surface area contributed by atoms with E-state index in [1.165, 1.54) is 6.92 Å². The highest BCUT2D eigenvalue weighted by Crippen LogP contribution is 2.24. The van der Waals surface area contributed by atoms with Crippen LogP contribution in [0.3, 0.4) is 0 Å². The van der Waals surface area contributed by atoms with Crippen LogP contribution in [0.5, 0.6) is 5.75 Å². The maximum Gasteiger partial charge on any atom is 0.408 e. The Balaban J connectivity index is 2.95. The molecule has 0 unspecified atom stereocenters. The number of hydrogen-bond donors (Lipinski definition) is 2. The van der Waals surface area contributed by atoms with E-state index in [2.05, 4.69) is 27.9 Å². The number of carboxylic acid groups (broad SMARTS) is 1. The van der Waals surface area contributed by atoms with Crippen molar-refractivity contribution in [2.75, 3.05) is 7.11 Å². The molecule has 1 amide bonds. The van der Waals surface area contributed by atoms with Crippen LogP contribution in [0, 0.1) is 3.57 Å². The van der Waals surface area contributed by atoms with Gasteiger partial charge in [-0.25, -0.2) is 9.59 Å². The van der Waals surface area contributed by atoms with Crippen LogP contribution in [0.25, 0.3) is 0 Å². The second kappa shape index (κ2) is 7.37. The van der Waals surface area contributed by atoms with Gasteiger partial charge in [-0.05, 0) is 68.0 Å². The molecule has 0 aromatic heterocycles. The van der Waals surface area contributed by atoms with Gasteiger partial charge in [0, 0.05) is 6.42 Å². The Labute approximate surface area is 149 Å². The number of hydrogen-bond acceptors (Lipinski definition) is 4. The summed E-state index contributed by atoms with van der Waals surface area (Å²) in [6, 6.07) is 5.38. The zero-order chi connectivity index (χ0) is 17.8. The van der Waals surface area contributed by atoms with Gasteiger partial charge in [0.05, 0.1) is 10.7 Å². The fraction of sp³-hybridized carbons (Fsp3) is 0.500. The minimum Gasteiger partial charge on any atom is -0.496 e. The Bertz CT molecular complexity index is 597. The fourth-order valence-corrected chi connectivity index (χ4v) is 2.73. The zero-order valence-electron chi connectivity index (χ0n) is 13.9. The molecule has 0 bridgehead atoms. The second-order valence-electron chi connectivity index (χ2n) is 6.41. The third-order valence-electron chi connectivity index (χ3n) is 3.02. The van der Waals surface area contributed by atoms with Crippen molar-refractivity contribution in [3.8, 4) is 5.75 Å². The first-order valence-corrected chi connectivity index (χ1v) is 8.12. The number of carbonyl (C=O) groups excluding carboxylic acids is 1. The van der Waals surface area contributed by atoms with E-state index in [9.17, 15) is 14.7 Å². The molecule has 1 aromatic rings. The van der Waals surface area contributed by atoms with Crippen LogP contribution in [0.1, 0.15) is 33.3 Å². The molecule has 0 heterocycles. The summed E-state index contributed by atoms with van der Waals surface area (Å²) >= 11 is 2.11. The van der Waals surface area contributed by atoms with E-state index < -0.39 is 23.2 Å². The highest BCUT2D eigenvalue weighted by atomic mass is 127. The number of halogens is 1. The first-order valence-electron chi connectivity index (χ1n) is 7.04. The summed E-state index contributed by atoms with van der Waals surface area (Å²) in [5, 5.41) is 12.0. The molecule has 6 nitrogen and oxygen atoms in total. The second-order valence-corrected chi connectivity index (χ2v) is 7.57. The number of alkyl carbamates (subject to hydrolysis) is 1. The molecule has 0 aliphatic rings. The SMILES string of the molecule is COc1ccc(C[C@@](C)(NC(=O)OC(C)(C)C)C(=O)O)cc1I. The van der Waals surface area contributed by atoms with Gasteiger partial charge in [0.2, 0.25) is 0 Å². The van der Waals surface area contributed by atoms with Crippen molar-refractivity contribution in [1.29, 1.82) is 0 Å². The highest BCUT2D eigenvalue weighted by molar-refractivity contribution is 14.1. The summed E-state index contributed by atoms with van der Waals surface area (Å²) in [6.07, 6.45) is -0.632. The van der Waals surface area contributed by atoms with Crippen molar-refractivity contribution in [1.82, 2.24) is 5.32 Å². The Kier molecular flexibility index (Phi) is 6.26. The van der Waals surface area contributed by atoms with Crippen LogP contribution in [0.2, 0.25) is 0 Å². The van der Waals surface area contributed by atoms with Crippen LogP contribution in [0.4, 0.5) is 4.79 Å². The molecule has 0 saturated heterocycles. The average Bonchev–Trinajstić information content (AvgIpc) is 2.36. The Morgan fingerprint density at radius 2 is 1.87 bits per heavy atom. The average molecular weight is 435 g/mol. The lowest BCUT2D eigenvalue weighted by Crippen LogP contribution is -2.54. The number of amides is 1. The molecule has 23 heavy (non-hydrogen) atoms. The summed E-state index contributed by atoms with van der Waals surface area (Å²) in [7, 11) is 1.57. The number of carbonyl (C=O) groups is 2. The van der Waals surface area contributed by atoms with Crippen LogP contribution in [-0.4, -0.2) is 35.4 Å². The lowest BCUT2D eigenvalue weighted by molar-refractivity contribution is -0.144. The number of benzene rings is 1. The van der Waals surface area contributed by atoms with Gasteiger partial charge in [-0.2, -0.15) is 0 Å². The third kappa shape index (κ3) is 5.89. The molecule has 0 aliphatic carbocycles. The van der Waals surface area contributed by atoms with Gasteiger partial charge in [-0.3, -0.25) is 0 Å². The molecule has 128 valence electrons. The molecule has 0 aliphatic heterocycles. The van der Waals surface area contributed by atoms with E-state index in [0.717, 1.165) is 9.13 Å². The van der Waals surface area contributed by atoms with E-state index >= 15 is 0 Å². The molecule has 1 atom stereocenters. The number of ether oxygens (including phenoxy) is 2. The number of methoxy groups -OCH3 is 1. The first-order chi connectivity index (χ1) is 10.5. The minimum atomic E-state index is -1.47. The van der Waals surface area contributed by atoms with E-state index in [4.69, 9.17) is 9.47 Å². The van der Waals surface area contributed by atoms with Crippen molar-refractivity contribution in [3.05, 3.63) is 27.3 Å².